The van der Waals surface area contributed by atoms with Crippen LogP contribution in [-0.2, 0) is 35.5 Å². The molecule has 5 rings (SSSR count). The van der Waals surface area contributed by atoms with Crippen molar-refractivity contribution in [1.29, 1.82) is 0 Å². The van der Waals surface area contributed by atoms with Crippen LogP contribution in [0.3, 0.4) is 0 Å². The number of ether oxygens (including phenoxy) is 2. The van der Waals surface area contributed by atoms with Crippen LogP contribution in [0.25, 0.3) is 0 Å². The van der Waals surface area contributed by atoms with Gasteiger partial charge in [-0.05, 0) is 30.5 Å². The van der Waals surface area contributed by atoms with Crippen LogP contribution in [0.15, 0.2) is 18.2 Å². The summed E-state index contributed by atoms with van der Waals surface area (Å²) in [7, 11) is 0. The standard InChI is InChI=1S/C20H23N5O4/c26-19(10-13-1-4-15-16(9-13)29-12-28-15)24-6-5-17-22-23-18(25(17)8-7-24)11-21-20(27)14-2-3-14/h1,4,9,14H,2-3,5-8,10-12H2,(H,21,27). The summed E-state index contributed by atoms with van der Waals surface area (Å²) in [6.45, 7) is 2.44. The first kappa shape index (κ1) is 18.0. The Morgan fingerprint density at radius 1 is 1.10 bits per heavy atom. The third-order valence-electron chi connectivity index (χ3n) is 5.62. The van der Waals surface area contributed by atoms with Gasteiger partial charge in [0.15, 0.2) is 17.3 Å². The average Bonchev–Trinajstić information content (AvgIpc) is 3.41. The Balaban J connectivity index is 1.20. The Kier molecular flexibility index (Phi) is 4.57. The number of amides is 2. The molecule has 3 aliphatic rings. The van der Waals surface area contributed by atoms with Crippen LogP contribution in [-0.4, -0.2) is 51.4 Å². The first-order valence-corrected chi connectivity index (χ1v) is 10.0. The number of nitrogens with one attached hydrogen (secondary N) is 1. The summed E-state index contributed by atoms with van der Waals surface area (Å²) in [5.74, 6) is 3.36. The van der Waals surface area contributed by atoms with Crippen LogP contribution in [0.1, 0.15) is 30.1 Å². The van der Waals surface area contributed by atoms with E-state index in [0.717, 1.165) is 35.8 Å². The second-order valence-electron chi connectivity index (χ2n) is 7.67. The predicted octanol–water partition coefficient (Wildman–Crippen LogP) is 0.660. The Morgan fingerprint density at radius 2 is 1.97 bits per heavy atom. The summed E-state index contributed by atoms with van der Waals surface area (Å²) < 4.78 is 12.7. The van der Waals surface area contributed by atoms with Gasteiger partial charge in [0, 0.05) is 32.0 Å². The average molecular weight is 397 g/mol. The number of nitrogens with zero attached hydrogens (tertiary/aromatic N) is 4. The molecule has 29 heavy (non-hydrogen) atoms. The molecule has 1 aliphatic carbocycles. The first-order chi connectivity index (χ1) is 14.2. The molecule has 3 heterocycles. The second kappa shape index (κ2) is 7.38. The number of aromatic nitrogens is 3. The molecule has 1 aromatic carbocycles. The smallest absolute Gasteiger partial charge is 0.231 e. The van der Waals surface area contributed by atoms with Crippen molar-refractivity contribution in [3.63, 3.8) is 0 Å². The molecule has 1 saturated carbocycles. The molecule has 152 valence electrons. The maximum atomic E-state index is 12.8. The minimum Gasteiger partial charge on any atom is -0.454 e. The molecule has 0 unspecified atom stereocenters. The summed E-state index contributed by atoms with van der Waals surface area (Å²) in [6.07, 6.45) is 2.92. The number of carbonyl (C=O) groups is 2. The quantitative estimate of drug-likeness (QED) is 0.796. The van der Waals surface area contributed by atoms with E-state index < -0.39 is 0 Å². The molecule has 0 spiro atoms. The molecule has 9 nitrogen and oxygen atoms in total. The van der Waals surface area contributed by atoms with Crippen molar-refractivity contribution in [1.82, 2.24) is 25.0 Å². The van der Waals surface area contributed by atoms with Crippen molar-refractivity contribution in [3.05, 3.63) is 35.4 Å². The van der Waals surface area contributed by atoms with E-state index in [2.05, 4.69) is 15.5 Å². The molecule has 2 aromatic rings. The van der Waals surface area contributed by atoms with Crippen molar-refractivity contribution < 1.29 is 19.1 Å². The van der Waals surface area contributed by atoms with E-state index in [-0.39, 0.29) is 24.5 Å². The lowest BCUT2D eigenvalue weighted by molar-refractivity contribution is -0.130. The zero-order valence-electron chi connectivity index (χ0n) is 16.1. The highest BCUT2D eigenvalue weighted by atomic mass is 16.7. The van der Waals surface area contributed by atoms with Crippen molar-refractivity contribution in [2.24, 2.45) is 5.92 Å². The van der Waals surface area contributed by atoms with Gasteiger partial charge in [0.05, 0.1) is 13.0 Å². The summed E-state index contributed by atoms with van der Waals surface area (Å²) in [6, 6.07) is 5.61. The molecule has 0 radical (unpaired) electrons. The van der Waals surface area contributed by atoms with Crippen LogP contribution in [0.5, 0.6) is 11.5 Å². The molecule has 0 atom stereocenters. The molecule has 2 aliphatic heterocycles. The lowest BCUT2D eigenvalue weighted by Crippen LogP contribution is -2.35. The van der Waals surface area contributed by atoms with Crippen LogP contribution in [0.4, 0.5) is 0 Å². The molecule has 0 saturated heterocycles. The minimum absolute atomic E-state index is 0.0752. The van der Waals surface area contributed by atoms with Gasteiger partial charge in [0.2, 0.25) is 18.6 Å². The maximum absolute atomic E-state index is 12.8. The molecular weight excluding hydrogens is 374 g/mol. The second-order valence-corrected chi connectivity index (χ2v) is 7.67. The monoisotopic (exact) mass is 397 g/mol. The number of carbonyl (C=O) groups excluding carboxylic acids is 2. The van der Waals surface area contributed by atoms with Crippen molar-refractivity contribution in [3.8, 4) is 11.5 Å². The summed E-state index contributed by atoms with van der Waals surface area (Å²) >= 11 is 0. The van der Waals surface area contributed by atoms with Gasteiger partial charge >= 0.3 is 0 Å². The third-order valence-corrected chi connectivity index (χ3v) is 5.62. The van der Waals surface area contributed by atoms with Gasteiger partial charge in [-0.1, -0.05) is 6.07 Å². The van der Waals surface area contributed by atoms with Crippen molar-refractivity contribution >= 4 is 11.8 Å². The topological polar surface area (TPSA) is 98.6 Å². The van der Waals surface area contributed by atoms with E-state index in [9.17, 15) is 9.59 Å². The van der Waals surface area contributed by atoms with Crippen LogP contribution in [0, 0.1) is 5.92 Å². The number of fused-ring (bicyclic) bond motifs is 2. The third kappa shape index (κ3) is 3.76. The Labute approximate surface area is 168 Å². The van der Waals surface area contributed by atoms with E-state index in [0.29, 0.717) is 44.8 Å². The molecule has 1 N–H and O–H groups in total. The van der Waals surface area contributed by atoms with Crippen molar-refractivity contribution in [2.75, 3.05) is 19.9 Å². The van der Waals surface area contributed by atoms with Gasteiger partial charge in [0.25, 0.3) is 0 Å². The highest BCUT2D eigenvalue weighted by molar-refractivity contribution is 5.80. The number of hydrogen-bond donors (Lipinski definition) is 1. The minimum atomic E-state index is 0.0752. The Bertz CT molecular complexity index is 952. The van der Waals surface area contributed by atoms with Crippen LogP contribution < -0.4 is 14.8 Å². The first-order valence-electron chi connectivity index (χ1n) is 10.0. The van der Waals surface area contributed by atoms with Gasteiger partial charge < -0.3 is 24.3 Å². The van der Waals surface area contributed by atoms with E-state index >= 15 is 0 Å². The fraction of sp³-hybridized carbons (Fsp3) is 0.500. The van der Waals surface area contributed by atoms with E-state index in [1.165, 1.54) is 0 Å². The van der Waals surface area contributed by atoms with Gasteiger partial charge in [-0.25, -0.2) is 0 Å². The number of rotatable bonds is 5. The number of benzene rings is 1. The zero-order chi connectivity index (χ0) is 19.8. The molecule has 1 aromatic heterocycles. The highest BCUT2D eigenvalue weighted by Gasteiger charge is 2.30. The summed E-state index contributed by atoms with van der Waals surface area (Å²) in [4.78, 5) is 26.6. The molecule has 0 bridgehead atoms. The van der Waals surface area contributed by atoms with Crippen LogP contribution in [0.2, 0.25) is 0 Å². The fourth-order valence-corrected chi connectivity index (χ4v) is 3.76. The summed E-state index contributed by atoms with van der Waals surface area (Å²) in [5, 5.41) is 11.4. The van der Waals surface area contributed by atoms with Gasteiger partial charge in [0.1, 0.15) is 5.82 Å². The maximum Gasteiger partial charge on any atom is 0.231 e. The molecule has 1 fully saturated rings. The molecule has 9 heteroatoms. The lowest BCUT2D eigenvalue weighted by atomic mass is 10.1. The van der Waals surface area contributed by atoms with Crippen LogP contribution >= 0.6 is 0 Å². The van der Waals surface area contributed by atoms with Crippen molar-refractivity contribution in [2.45, 2.75) is 38.8 Å². The lowest BCUT2D eigenvalue weighted by Gasteiger charge is -2.20. The van der Waals surface area contributed by atoms with E-state index in [4.69, 9.17) is 9.47 Å². The fourth-order valence-electron chi connectivity index (χ4n) is 3.76. The predicted molar refractivity (Wildman–Crippen MR) is 101 cm³/mol. The summed E-state index contributed by atoms with van der Waals surface area (Å²) in [5.41, 5.74) is 0.909. The SMILES string of the molecule is O=C(NCc1nnc2n1CCN(C(=O)Cc1ccc3c(c1)OCO3)CC2)C1CC1. The number of hydrogen-bond acceptors (Lipinski definition) is 6. The largest absolute Gasteiger partial charge is 0.454 e. The normalized spacial score (nSPS) is 17.6. The van der Waals surface area contributed by atoms with E-state index in [1.54, 1.807) is 0 Å². The van der Waals surface area contributed by atoms with Gasteiger partial charge in [-0.2, -0.15) is 0 Å². The van der Waals surface area contributed by atoms with Gasteiger partial charge in [-0.15, -0.1) is 10.2 Å². The van der Waals surface area contributed by atoms with Gasteiger partial charge in [-0.3, -0.25) is 9.59 Å². The van der Waals surface area contributed by atoms with E-state index in [1.807, 2.05) is 27.7 Å². The Hall–Kier alpha value is -3.10. The zero-order valence-corrected chi connectivity index (χ0v) is 16.1. The molecule has 2 amide bonds. The molecular formula is C20H23N5O4. The highest BCUT2D eigenvalue weighted by Crippen LogP contribution is 2.32. The Morgan fingerprint density at radius 3 is 2.83 bits per heavy atom.